The number of thioether (sulfide) groups is 1. The number of nitrogens with one attached hydrogen (secondary N) is 1. The topological polar surface area (TPSA) is 38.3 Å². The van der Waals surface area contributed by atoms with Gasteiger partial charge in [0.2, 0.25) is 0 Å². The van der Waals surface area contributed by atoms with Crippen molar-refractivity contribution >= 4 is 23.4 Å². The molecule has 0 heterocycles. The molecule has 0 atom stereocenters. The van der Waals surface area contributed by atoms with Crippen LogP contribution in [0.1, 0.15) is 30.9 Å². The van der Waals surface area contributed by atoms with Crippen LogP contribution in [0.4, 0.5) is 5.69 Å². The summed E-state index contributed by atoms with van der Waals surface area (Å²) in [5.41, 5.74) is 3.28. The minimum atomic E-state index is -0.158. The van der Waals surface area contributed by atoms with Crippen LogP contribution in [0, 0.1) is 6.92 Å². The Bertz CT molecular complexity index is 683. The van der Waals surface area contributed by atoms with Crippen molar-refractivity contribution in [2.45, 2.75) is 31.6 Å². The second-order valence-corrected chi connectivity index (χ2v) is 6.62. The number of benzene rings is 2. The third kappa shape index (κ3) is 5.03. The number of carbonyl (C=O) groups excluding carboxylic acids is 1. The molecule has 2 aromatic carbocycles. The molecule has 1 N–H and O–H groups in total. The molecule has 2 rings (SSSR count). The van der Waals surface area contributed by atoms with Gasteiger partial charge < -0.3 is 10.1 Å². The maximum Gasteiger partial charge on any atom is 0.262 e. The van der Waals surface area contributed by atoms with Crippen molar-refractivity contribution in [3.8, 4) is 5.75 Å². The summed E-state index contributed by atoms with van der Waals surface area (Å²) < 4.78 is 5.59. The smallest absolute Gasteiger partial charge is 0.262 e. The number of hydrogen-bond donors (Lipinski definition) is 1. The van der Waals surface area contributed by atoms with Crippen LogP contribution in [0.3, 0.4) is 0 Å². The highest BCUT2D eigenvalue weighted by molar-refractivity contribution is 7.98. The highest BCUT2D eigenvalue weighted by Gasteiger charge is 2.07. The molecule has 0 aliphatic carbocycles. The largest absolute Gasteiger partial charge is 0.484 e. The third-order valence-electron chi connectivity index (χ3n) is 3.59. The second-order valence-electron chi connectivity index (χ2n) is 5.74. The number of amides is 1. The molecule has 0 unspecified atom stereocenters. The minimum Gasteiger partial charge on any atom is -0.484 e. The third-order valence-corrected chi connectivity index (χ3v) is 4.31. The van der Waals surface area contributed by atoms with Crippen LogP contribution in [-0.4, -0.2) is 18.8 Å². The van der Waals surface area contributed by atoms with Crippen molar-refractivity contribution in [1.82, 2.24) is 0 Å². The van der Waals surface area contributed by atoms with Gasteiger partial charge in [0.05, 0.1) is 0 Å². The lowest BCUT2D eigenvalue weighted by Crippen LogP contribution is -2.20. The van der Waals surface area contributed by atoms with Crippen molar-refractivity contribution < 1.29 is 9.53 Å². The maximum absolute atomic E-state index is 12.0. The predicted molar refractivity (Wildman–Crippen MR) is 97.6 cm³/mol. The summed E-state index contributed by atoms with van der Waals surface area (Å²) in [5.74, 6) is 1.05. The average molecular weight is 329 g/mol. The van der Waals surface area contributed by atoms with E-state index in [2.05, 4.69) is 32.2 Å². The fourth-order valence-corrected chi connectivity index (χ4v) is 2.89. The molecule has 122 valence electrons. The minimum absolute atomic E-state index is 0.00393. The molecule has 0 saturated carbocycles. The van der Waals surface area contributed by atoms with E-state index in [0.717, 1.165) is 16.3 Å². The zero-order valence-electron chi connectivity index (χ0n) is 14.1. The lowest BCUT2D eigenvalue weighted by molar-refractivity contribution is -0.118. The zero-order valence-corrected chi connectivity index (χ0v) is 14.9. The quantitative estimate of drug-likeness (QED) is 0.769. The average Bonchev–Trinajstić information content (AvgIpc) is 2.53. The SMILES string of the molecule is CSc1cccc(NC(=O)COc2ccc(C(C)C)c(C)c2)c1. The van der Waals surface area contributed by atoms with E-state index in [9.17, 15) is 4.79 Å². The van der Waals surface area contributed by atoms with Gasteiger partial charge in [0.25, 0.3) is 5.91 Å². The summed E-state index contributed by atoms with van der Waals surface area (Å²) >= 11 is 1.64. The van der Waals surface area contributed by atoms with Gasteiger partial charge in [-0.05, 0) is 60.6 Å². The number of anilines is 1. The van der Waals surface area contributed by atoms with Crippen LogP contribution in [0.15, 0.2) is 47.4 Å². The van der Waals surface area contributed by atoms with Gasteiger partial charge in [-0.25, -0.2) is 0 Å². The predicted octanol–water partition coefficient (Wildman–Crippen LogP) is 4.86. The van der Waals surface area contributed by atoms with Gasteiger partial charge >= 0.3 is 0 Å². The van der Waals surface area contributed by atoms with Gasteiger partial charge in [-0.3, -0.25) is 4.79 Å². The molecule has 2 aromatic rings. The van der Waals surface area contributed by atoms with E-state index < -0.39 is 0 Å². The maximum atomic E-state index is 12.0. The van der Waals surface area contributed by atoms with Crippen LogP contribution >= 0.6 is 11.8 Å². The molecule has 0 spiro atoms. The molecule has 0 aromatic heterocycles. The molecule has 0 aliphatic rings. The Balaban J connectivity index is 1.92. The van der Waals surface area contributed by atoms with Crippen molar-refractivity contribution in [2.75, 3.05) is 18.2 Å². The first-order valence-corrected chi connectivity index (χ1v) is 8.89. The standard InChI is InChI=1S/C19H23NO2S/c1-13(2)18-9-8-16(10-14(18)3)22-12-19(21)20-15-6-5-7-17(11-15)23-4/h5-11,13H,12H2,1-4H3,(H,20,21). The molecule has 0 bridgehead atoms. The molecule has 23 heavy (non-hydrogen) atoms. The Morgan fingerprint density at radius 1 is 1.22 bits per heavy atom. The molecule has 0 fully saturated rings. The first-order chi connectivity index (χ1) is 11.0. The van der Waals surface area contributed by atoms with Gasteiger partial charge in [0.15, 0.2) is 6.61 Å². The van der Waals surface area contributed by atoms with Crippen LogP contribution in [0.25, 0.3) is 0 Å². The van der Waals surface area contributed by atoms with Gasteiger partial charge in [-0.2, -0.15) is 0 Å². The Morgan fingerprint density at radius 2 is 2.00 bits per heavy atom. The summed E-state index contributed by atoms with van der Waals surface area (Å²) in [6.07, 6.45) is 2.01. The van der Waals surface area contributed by atoms with Gasteiger partial charge in [0.1, 0.15) is 5.75 Å². The number of hydrogen-bond acceptors (Lipinski definition) is 3. The number of carbonyl (C=O) groups is 1. The highest BCUT2D eigenvalue weighted by Crippen LogP contribution is 2.23. The molecule has 4 heteroatoms. The van der Waals surface area contributed by atoms with Crippen molar-refractivity contribution in [1.29, 1.82) is 0 Å². The van der Waals surface area contributed by atoms with E-state index in [1.165, 1.54) is 11.1 Å². The fraction of sp³-hybridized carbons (Fsp3) is 0.316. The van der Waals surface area contributed by atoms with Gasteiger partial charge in [0, 0.05) is 10.6 Å². The fourth-order valence-electron chi connectivity index (χ4n) is 2.43. The number of rotatable bonds is 6. The Hall–Kier alpha value is -1.94. The van der Waals surface area contributed by atoms with Crippen molar-refractivity contribution in [2.24, 2.45) is 0 Å². The second kappa shape index (κ2) is 8.06. The lowest BCUT2D eigenvalue weighted by Gasteiger charge is -2.12. The molecule has 0 radical (unpaired) electrons. The summed E-state index contributed by atoms with van der Waals surface area (Å²) in [7, 11) is 0. The molecule has 0 saturated heterocycles. The van der Waals surface area contributed by atoms with Gasteiger partial charge in [-0.15, -0.1) is 11.8 Å². The Labute approximate surface area is 142 Å². The molecule has 3 nitrogen and oxygen atoms in total. The van der Waals surface area contributed by atoms with E-state index in [-0.39, 0.29) is 12.5 Å². The van der Waals surface area contributed by atoms with E-state index in [0.29, 0.717) is 5.92 Å². The highest BCUT2D eigenvalue weighted by atomic mass is 32.2. The van der Waals surface area contributed by atoms with E-state index in [1.807, 2.05) is 42.7 Å². The molecule has 1 amide bonds. The van der Waals surface area contributed by atoms with E-state index in [1.54, 1.807) is 11.8 Å². The first kappa shape index (κ1) is 17.4. The summed E-state index contributed by atoms with van der Waals surface area (Å²) in [5, 5.41) is 2.85. The summed E-state index contributed by atoms with van der Waals surface area (Å²) in [6, 6.07) is 13.7. The Morgan fingerprint density at radius 3 is 2.65 bits per heavy atom. The molecular formula is C19H23NO2S. The zero-order chi connectivity index (χ0) is 16.8. The van der Waals surface area contributed by atoms with E-state index in [4.69, 9.17) is 4.74 Å². The summed E-state index contributed by atoms with van der Waals surface area (Å²) in [6.45, 7) is 6.40. The van der Waals surface area contributed by atoms with Crippen LogP contribution in [0.5, 0.6) is 5.75 Å². The number of aryl methyl sites for hydroxylation is 1. The van der Waals surface area contributed by atoms with Gasteiger partial charge in [-0.1, -0.05) is 26.0 Å². The number of ether oxygens (including phenoxy) is 1. The van der Waals surface area contributed by atoms with Crippen molar-refractivity contribution in [3.63, 3.8) is 0 Å². The monoisotopic (exact) mass is 329 g/mol. The normalized spacial score (nSPS) is 10.7. The van der Waals surface area contributed by atoms with Crippen LogP contribution in [-0.2, 0) is 4.79 Å². The van der Waals surface area contributed by atoms with Crippen molar-refractivity contribution in [3.05, 3.63) is 53.6 Å². The molecular weight excluding hydrogens is 306 g/mol. The lowest BCUT2D eigenvalue weighted by atomic mass is 9.98. The van der Waals surface area contributed by atoms with E-state index >= 15 is 0 Å². The molecule has 0 aliphatic heterocycles. The Kier molecular flexibility index (Phi) is 6.11. The van der Waals surface area contributed by atoms with Crippen LogP contribution in [0.2, 0.25) is 0 Å². The first-order valence-electron chi connectivity index (χ1n) is 7.67. The summed E-state index contributed by atoms with van der Waals surface area (Å²) in [4.78, 5) is 13.1. The van der Waals surface area contributed by atoms with Crippen LogP contribution < -0.4 is 10.1 Å².